The first-order valence-corrected chi connectivity index (χ1v) is 7.80. The van der Waals surface area contributed by atoms with Gasteiger partial charge >= 0.3 is 0 Å². The average Bonchev–Trinajstić information content (AvgIpc) is 3.19. The molecule has 1 aromatic heterocycles. The molecule has 0 spiro atoms. The molecule has 3 rings (SSSR count). The predicted octanol–water partition coefficient (Wildman–Crippen LogP) is 2.09. The zero-order chi connectivity index (χ0) is 15.4. The normalized spacial score (nSPS) is 20.2. The van der Waals surface area contributed by atoms with Crippen molar-refractivity contribution >= 4 is 0 Å². The third-order valence-corrected chi connectivity index (χ3v) is 4.24. The third kappa shape index (κ3) is 3.48. The fraction of sp³-hybridized carbons (Fsp3) is 0.471. The SMILES string of the molecule is COc1cccc([C@H]2CCCN2C[C@@H](O)Cn2cccn2)c1. The Bertz CT molecular complexity index is 585. The number of aliphatic hydroxyl groups excluding tert-OH is 1. The van der Waals surface area contributed by atoms with Gasteiger partial charge in [-0.25, -0.2) is 0 Å². The fourth-order valence-corrected chi connectivity index (χ4v) is 3.22. The zero-order valence-corrected chi connectivity index (χ0v) is 12.9. The minimum atomic E-state index is -0.411. The molecule has 118 valence electrons. The molecule has 1 saturated heterocycles. The summed E-state index contributed by atoms with van der Waals surface area (Å²) in [6.45, 7) is 2.23. The second kappa shape index (κ2) is 6.94. The number of aliphatic hydroxyl groups is 1. The van der Waals surface area contributed by atoms with E-state index < -0.39 is 6.10 Å². The summed E-state index contributed by atoms with van der Waals surface area (Å²) in [4.78, 5) is 2.36. The second-order valence-corrected chi connectivity index (χ2v) is 5.81. The molecular weight excluding hydrogens is 278 g/mol. The summed E-state index contributed by atoms with van der Waals surface area (Å²) in [7, 11) is 1.69. The summed E-state index contributed by atoms with van der Waals surface area (Å²) >= 11 is 0. The van der Waals surface area contributed by atoms with Gasteiger partial charge in [-0.05, 0) is 43.1 Å². The topological polar surface area (TPSA) is 50.5 Å². The van der Waals surface area contributed by atoms with Crippen LogP contribution >= 0.6 is 0 Å². The lowest BCUT2D eigenvalue weighted by Crippen LogP contribution is -2.34. The summed E-state index contributed by atoms with van der Waals surface area (Å²) in [6.07, 6.45) is 5.50. The summed E-state index contributed by atoms with van der Waals surface area (Å²) in [6, 6.07) is 10.5. The van der Waals surface area contributed by atoms with Gasteiger partial charge in [0.25, 0.3) is 0 Å². The molecule has 0 bridgehead atoms. The van der Waals surface area contributed by atoms with Crippen molar-refractivity contribution in [2.24, 2.45) is 0 Å². The average molecular weight is 301 g/mol. The van der Waals surface area contributed by atoms with Gasteiger partial charge in [0.15, 0.2) is 0 Å². The standard InChI is InChI=1S/C17H23N3O2/c1-22-16-6-2-5-14(11-16)17-7-3-9-19(17)12-15(21)13-20-10-4-8-18-20/h2,4-6,8,10-11,15,17,21H,3,7,9,12-13H2,1H3/t15-,17-/m1/s1. The van der Waals surface area contributed by atoms with E-state index in [1.807, 2.05) is 24.4 Å². The first-order chi connectivity index (χ1) is 10.8. The van der Waals surface area contributed by atoms with Gasteiger partial charge in [-0.1, -0.05) is 12.1 Å². The first kappa shape index (κ1) is 15.1. The quantitative estimate of drug-likeness (QED) is 0.887. The van der Waals surface area contributed by atoms with Crippen LogP contribution in [0, 0.1) is 0 Å². The van der Waals surface area contributed by atoms with Crippen LogP contribution in [0.25, 0.3) is 0 Å². The number of likely N-dealkylation sites (tertiary alicyclic amines) is 1. The molecule has 5 nitrogen and oxygen atoms in total. The van der Waals surface area contributed by atoms with Gasteiger partial charge in [0.2, 0.25) is 0 Å². The van der Waals surface area contributed by atoms with Crippen LogP contribution in [0.15, 0.2) is 42.7 Å². The van der Waals surface area contributed by atoms with Gasteiger partial charge < -0.3 is 9.84 Å². The summed E-state index contributed by atoms with van der Waals surface area (Å²) < 4.78 is 7.10. The number of ether oxygens (including phenoxy) is 1. The van der Waals surface area contributed by atoms with Crippen LogP contribution in [-0.2, 0) is 6.54 Å². The minimum Gasteiger partial charge on any atom is -0.497 e. The van der Waals surface area contributed by atoms with Gasteiger partial charge in [0, 0.05) is 25.0 Å². The molecule has 2 aromatic rings. The Labute approximate surface area is 131 Å². The van der Waals surface area contributed by atoms with E-state index in [2.05, 4.69) is 22.1 Å². The summed E-state index contributed by atoms with van der Waals surface area (Å²) in [5.41, 5.74) is 1.27. The first-order valence-electron chi connectivity index (χ1n) is 7.80. The van der Waals surface area contributed by atoms with Crippen LogP contribution in [0.1, 0.15) is 24.4 Å². The van der Waals surface area contributed by atoms with Gasteiger partial charge in [0.05, 0.1) is 19.8 Å². The molecule has 0 amide bonds. The number of methoxy groups -OCH3 is 1. The predicted molar refractivity (Wildman–Crippen MR) is 84.8 cm³/mol. The molecule has 22 heavy (non-hydrogen) atoms. The van der Waals surface area contributed by atoms with E-state index in [0.29, 0.717) is 19.1 Å². The number of rotatable bonds is 6. The van der Waals surface area contributed by atoms with Gasteiger partial charge in [-0.2, -0.15) is 5.10 Å². The highest BCUT2D eigenvalue weighted by molar-refractivity contribution is 5.31. The van der Waals surface area contributed by atoms with Gasteiger partial charge in [-0.15, -0.1) is 0 Å². The van der Waals surface area contributed by atoms with Crippen molar-refractivity contribution in [3.05, 3.63) is 48.3 Å². The molecule has 0 aliphatic carbocycles. The number of benzene rings is 1. The molecule has 1 aliphatic heterocycles. The van der Waals surface area contributed by atoms with Gasteiger partial charge in [-0.3, -0.25) is 9.58 Å². The highest BCUT2D eigenvalue weighted by atomic mass is 16.5. The third-order valence-electron chi connectivity index (χ3n) is 4.24. The molecule has 1 N–H and O–H groups in total. The Morgan fingerprint density at radius 2 is 2.27 bits per heavy atom. The maximum Gasteiger partial charge on any atom is 0.119 e. The molecule has 1 aromatic carbocycles. The van der Waals surface area contributed by atoms with Crippen molar-refractivity contribution < 1.29 is 9.84 Å². The number of hydrogen-bond donors (Lipinski definition) is 1. The molecule has 1 fully saturated rings. The summed E-state index contributed by atoms with van der Waals surface area (Å²) in [5.74, 6) is 0.890. The lowest BCUT2D eigenvalue weighted by molar-refractivity contribution is 0.0890. The Morgan fingerprint density at radius 3 is 3.05 bits per heavy atom. The highest BCUT2D eigenvalue weighted by Crippen LogP contribution is 2.33. The van der Waals surface area contributed by atoms with E-state index in [9.17, 15) is 5.11 Å². The minimum absolute atomic E-state index is 0.363. The largest absolute Gasteiger partial charge is 0.497 e. The maximum atomic E-state index is 10.3. The zero-order valence-electron chi connectivity index (χ0n) is 12.9. The van der Waals surface area contributed by atoms with E-state index in [0.717, 1.165) is 25.1 Å². The van der Waals surface area contributed by atoms with Crippen molar-refractivity contribution in [2.75, 3.05) is 20.2 Å². The monoisotopic (exact) mass is 301 g/mol. The van der Waals surface area contributed by atoms with Crippen molar-refractivity contribution in [3.8, 4) is 5.75 Å². The van der Waals surface area contributed by atoms with Crippen molar-refractivity contribution in [3.63, 3.8) is 0 Å². The Hall–Kier alpha value is -1.85. The van der Waals surface area contributed by atoms with Crippen LogP contribution < -0.4 is 4.74 Å². The van der Waals surface area contributed by atoms with E-state index in [-0.39, 0.29) is 0 Å². The van der Waals surface area contributed by atoms with Crippen LogP contribution in [0.5, 0.6) is 5.75 Å². The van der Waals surface area contributed by atoms with Crippen LogP contribution in [0.3, 0.4) is 0 Å². The number of hydrogen-bond acceptors (Lipinski definition) is 4. The number of β-amino-alcohol motifs (C(OH)–C–C–N with tert-alkyl or cyclic N) is 1. The van der Waals surface area contributed by atoms with Crippen LogP contribution in [-0.4, -0.2) is 46.1 Å². The van der Waals surface area contributed by atoms with Crippen LogP contribution in [0.4, 0.5) is 0 Å². The van der Waals surface area contributed by atoms with Crippen molar-refractivity contribution in [1.29, 1.82) is 0 Å². The second-order valence-electron chi connectivity index (χ2n) is 5.81. The van der Waals surface area contributed by atoms with E-state index in [4.69, 9.17) is 4.74 Å². The van der Waals surface area contributed by atoms with E-state index in [1.165, 1.54) is 5.56 Å². The number of nitrogens with zero attached hydrogens (tertiary/aromatic N) is 3. The molecule has 1 aliphatic rings. The van der Waals surface area contributed by atoms with E-state index >= 15 is 0 Å². The smallest absolute Gasteiger partial charge is 0.119 e. The molecule has 2 atom stereocenters. The molecule has 0 radical (unpaired) electrons. The van der Waals surface area contributed by atoms with Gasteiger partial charge in [0.1, 0.15) is 5.75 Å². The lowest BCUT2D eigenvalue weighted by atomic mass is 10.0. The van der Waals surface area contributed by atoms with Crippen molar-refractivity contribution in [1.82, 2.24) is 14.7 Å². The molecular formula is C17H23N3O2. The Morgan fingerprint density at radius 1 is 1.36 bits per heavy atom. The highest BCUT2D eigenvalue weighted by Gasteiger charge is 2.27. The lowest BCUT2D eigenvalue weighted by Gasteiger charge is -2.27. The molecule has 0 saturated carbocycles. The summed E-state index contributed by atoms with van der Waals surface area (Å²) in [5, 5.41) is 14.5. The van der Waals surface area contributed by atoms with E-state index in [1.54, 1.807) is 18.0 Å². The van der Waals surface area contributed by atoms with Crippen LogP contribution in [0.2, 0.25) is 0 Å². The maximum absolute atomic E-state index is 10.3. The Balaban J connectivity index is 1.64. The number of aromatic nitrogens is 2. The molecule has 5 heteroatoms. The Kier molecular flexibility index (Phi) is 4.75. The molecule has 0 unspecified atom stereocenters. The molecule has 2 heterocycles. The van der Waals surface area contributed by atoms with Crippen molar-refractivity contribution in [2.45, 2.75) is 31.5 Å². The fourth-order valence-electron chi connectivity index (χ4n) is 3.22.